The maximum absolute atomic E-state index is 6.14. The van der Waals surface area contributed by atoms with Gasteiger partial charge in [-0.2, -0.15) is 4.57 Å². The molecule has 0 saturated heterocycles. The second-order valence-electron chi connectivity index (χ2n) is 5.70. The van der Waals surface area contributed by atoms with E-state index in [1.54, 1.807) is 0 Å². The fraction of sp³-hybridized carbons (Fsp3) is 0.0500. The Labute approximate surface area is 128 Å². The predicted octanol–water partition coefficient (Wildman–Crippen LogP) is 4.59. The molecular weight excluding hydrogens is 270 g/mol. The first-order valence-corrected chi connectivity index (χ1v) is 7.45. The van der Waals surface area contributed by atoms with Gasteiger partial charge in [-0.1, -0.05) is 36.4 Å². The van der Waals surface area contributed by atoms with Crippen LogP contribution in [0.15, 0.2) is 66.7 Å². The van der Waals surface area contributed by atoms with Crippen molar-refractivity contribution in [2.45, 2.75) is 0 Å². The first kappa shape index (κ1) is 11.8. The van der Waals surface area contributed by atoms with Crippen molar-refractivity contribution in [2.75, 3.05) is 0 Å². The van der Waals surface area contributed by atoms with Crippen LogP contribution in [0, 0.1) is 0 Å². The number of ether oxygens (including phenoxy) is 1. The Morgan fingerprint density at radius 1 is 0.727 bits per heavy atom. The summed E-state index contributed by atoms with van der Waals surface area (Å²) in [7, 11) is 2.13. The number of nitrogens with zero attached hydrogens (tertiary/aromatic N) is 1. The van der Waals surface area contributed by atoms with E-state index in [9.17, 15) is 0 Å². The van der Waals surface area contributed by atoms with Crippen LogP contribution in [0.5, 0.6) is 11.5 Å². The van der Waals surface area contributed by atoms with Crippen LogP contribution in [-0.4, -0.2) is 0 Å². The van der Waals surface area contributed by atoms with Gasteiger partial charge in [0, 0.05) is 11.5 Å². The Balaban J connectivity index is 2.12. The summed E-state index contributed by atoms with van der Waals surface area (Å²) in [5.74, 6) is 1.86. The van der Waals surface area contributed by atoms with E-state index in [2.05, 4.69) is 66.2 Å². The third-order valence-corrected chi connectivity index (χ3v) is 4.52. The van der Waals surface area contributed by atoms with E-state index >= 15 is 0 Å². The lowest BCUT2D eigenvalue weighted by Crippen LogP contribution is -2.33. The fourth-order valence-electron chi connectivity index (χ4n) is 3.55. The lowest BCUT2D eigenvalue weighted by molar-refractivity contribution is -0.632. The Morgan fingerprint density at radius 3 is 2.41 bits per heavy atom. The molecule has 2 heteroatoms. The van der Waals surface area contributed by atoms with E-state index in [1.165, 1.54) is 27.4 Å². The second-order valence-corrected chi connectivity index (χ2v) is 5.70. The molecule has 22 heavy (non-hydrogen) atoms. The summed E-state index contributed by atoms with van der Waals surface area (Å²) in [4.78, 5) is 0. The zero-order valence-corrected chi connectivity index (χ0v) is 12.2. The lowest BCUT2D eigenvalue weighted by Gasteiger charge is -2.19. The number of rotatable bonds is 0. The van der Waals surface area contributed by atoms with Crippen LogP contribution in [-0.2, 0) is 7.05 Å². The molecule has 4 aromatic rings. The minimum absolute atomic E-state index is 0.924. The molecule has 1 aromatic heterocycles. The number of hydrogen-bond donors (Lipinski definition) is 0. The molecule has 0 amide bonds. The third kappa shape index (κ3) is 1.37. The molecule has 3 aromatic carbocycles. The molecule has 2 heterocycles. The number of aromatic nitrogens is 1. The average Bonchev–Trinajstić information content (AvgIpc) is 2.58. The van der Waals surface area contributed by atoms with E-state index in [1.807, 2.05) is 12.1 Å². The molecule has 0 atom stereocenters. The number of pyridine rings is 1. The summed E-state index contributed by atoms with van der Waals surface area (Å²) >= 11 is 0. The number of para-hydroxylation sites is 2. The smallest absolute Gasteiger partial charge is 0.228 e. The Kier molecular flexibility index (Phi) is 2.18. The molecule has 0 radical (unpaired) electrons. The largest absolute Gasteiger partial charge is 0.456 e. The van der Waals surface area contributed by atoms with Gasteiger partial charge < -0.3 is 4.74 Å². The SMILES string of the molecule is C[n+]1c2c3c(cccc3c3ccccc31)Oc1ccccc1-2. The van der Waals surface area contributed by atoms with Crippen molar-refractivity contribution in [3.63, 3.8) is 0 Å². The minimum atomic E-state index is 0.924. The molecule has 0 fully saturated rings. The Morgan fingerprint density at radius 2 is 1.45 bits per heavy atom. The summed E-state index contributed by atoms with van der Waals surface area (Å²) in [6.07, 6.45) is 0. The molecule has 0 spiro atoms. The topological polar surface area (TPSA) is 13.1 Å². The van der Waals surface area contributed by atoms with Crippen molar-refractivity contribution in [3.05, 3.63) is 66.7 Å². The summed E-state index contributed by atoms with van der Waals surface area (Å²) in [6.45, 7) is 0. The Hall–Kier alpha value is -2.87. The van der Waals surface area contributed by atoms with Gasteiger partial charge in [0.05, 0.1) is 16.3 Å². The average molecular weight is 284 g/mol. The van der Waals surface area contributed by atoms with Gasteiger partial charge in [0.1, 0.15) is 18.5 Å². The van der Waals surface area contributed by atoms with Gasteiger partial charge in [0.2, 0.25) is 11.2 Å². The first-order chi connectivity index (χ1) is 10.8. The van der Waals surface area contributed by atoms with Crippen molar-refractivity contribution >= 4 is 21.7 Å². The zero-order chi connectivity index (χ0) is 14.7. The molecule has 5 rings (SSSR count). The van der Waals surface area contributed by atoms with Crippen LogP contribution in [0.2, 0.25) is 0 Å². The van der Waals surface area contributed by atoms with E-state index in [0.717, 1.165) is 17.1 Å². The maximum Gasteiger partial charge on any atom is 0.228 e. The number of aryl methyl sites for hydroxylation is 1. The van der Waals surface area contributed by atoms with Gasteiger partial charge in [0.25, 0.3) is 0 Å². The fourth-order valence-corrected chi connectivity index (χ4v) is 3.55. The summed E-state index contributed by atoms with van der Waals surface area (Å²) in [6, 6.07) is 23.1. The van der Waals surface area contributed by atoms with Crippen molar-refractivity contribution in [2.24, 2.45) is 7.05 Å². The molecule has 0 bridgehead atoms. The van der Waals surface area contributed by atoms with E-state index in [0.29, 0.717) is 0 Å². The highest BCUT2D eigenvalue weighted by molar-refractivity contribution is 6.12. The van der Waals surface area contributed by atoms with Crippen LogP contribution in [0.1, 0.15) is 0 Å². The molecule has 1 aliphatic heterocycles. The zero-order valence-electron chi connectivity index (χ0n) is 12.2. The normalized spacial score (nSPS) is 12.2. The molecule has 0 aliphatic carbocycles. The van der Waals surface area contributed by atoms with Crippen LogP contribution >= 0.6 is 0 Å². The quantitative estimate of drug-likeness (QED) is 0.299. The van der Waals surface area contributed by atoms with Gasteiger partial charge in [-0.25, -0.2) is 0 Å². The van der Waals surface area contributed by atoms with E-state index in [4.69, 9.17) is 4.74 Å². The number of hydrogen-bond acceptors (Lipinski definition) is 1. The first-order valence-electron chi connectivity index (χ1n) is 7.45. The van der Waals surface area contributed by atoms with Crippen molar-refractivity contribution in [1.82, 2.24) is 0 Å². The summed E-state index contributed by atoms with van der Waals surface area (Å²) in [5, 5.41) is 3.70. The van der Waals surface area contributed by atoms with Crippen molar-refractivity contribution in [3.8, 4) is 22.8 Å². The van der Waals surface area contributed by atoms with E-state index < -0.39 is 0 Å². The summed E-state index contributed by atoms with van der Waals surface area (Å²) in [5.41, 5.74) is 3.62. The molecule has 0 saturated carbocycles. The van der Waals surface area contributed by atoms with Crippen LogP contribution < -0.4 is 9.30 Å². The van der Waals surface area contributed by atoms with Gasteiger partial charge in [-0.3, -0.25) is 0 Å². The van der Waals surface area contributed by atoms with Gasteiger partial charge >= 0.3 is 0 Å². The molecule has 2 nitrogen and oxygen atoms in total. The number of fused-ring (bicyclic) bond motifs is 4. The third-order valence-electron chi connectivity index (χ3n) is 4.52. The highest BCUT2D eigenvalue weighted by Crippen LogP contribution is 2.45. The van der Waals surface area contributed by atoms with Crippen molar-refractivity contribution < 1.29 is 9.30 Å². The second kappa shape index (κ2) is 4.08. The maximum atomic E-state index is 6.14. The molecule has 104 valence electrons. The van der Waals surface area contributed by atoms with Gasteiger partial charge in [-0.05, 0) is 24.3 Å². The molecule has 0 unspecified atom stereocenters. The highest BCUT2D eigenvalue weighted by Gasteiger charge is 2.29. The molecule has 1 aliphatic rings. The molecular formula is C20H14NO+. The monoisotopic (exact) mass is 284 g/mol. The van der Waals surface area contributed by atoms with Crippen LogP contribution in [0.4, 0.5) is 0 Å². The standard InChI is InChI=1S/C20H14NO/c1-21-16-10-4-2-7-13(16)14-9-6-12-18-19(14)20(21)15-8-3-5-11-17(15)22-18/h2-12H,1H3/q+1. The minimum Gasteiger partial charge on any atom is -0.456 e. The van der Waals surface area contributed by atoms with E-state index in [-0.39, 0.29) is 0 Å². The van der Waals surface area contributed by atoms with Gasteiger partial charge in [-0.15, -0.1) is 0 Å². The van der Waals surface area contributed by atoms with Gasteiger partial charge in [0.15, 0.2) is 0 Å². The van der Waals surface area contributed by atoms with Crippen LogP contribution in [0.3, 0.4) is 0 Å². The summed E-state index contributed by atoms with van der Waals surface area (Å²) < 4.78 is 8.42. The Bertz CT molecular complexity index is 1070. The number of benzene rings is 3. The predicted molar refractivity (Wildman–Crippen MR) is 88.1 cm³/mol. The molecule has 0 N–H and O–H groups in total. The van der Waals surface area contributed by atoms with Crippen LogP contribution in [0.25, 0.3) is 32.9 Å². The lowest BCUT2D eigenvalue weighted by atomic mass is 9.96. The highest BCUT2D eigenvalue weighted by atomic mass is 16.5. The van der Waals surface area contributed by atoms with Crippen molar-refractivity contribution in [1.29, 1.82) is 0 Å².